The fraction of sp³-hybridized carbons (Fsp3) is 0.192. The lowest BCUT2D eigenvalue weighted by Crippen LogP contribution is -2.30. The monoisotopic (exact) mass is 444 g/mol. The van der Waals surface area contributed by atoms with E-state index in [1.54, 1.807) is 17.7 Å². The molecule has 2 aromatic carbocycles. The maximum absolute atomic E-state index is 13.2. The molecule has 2 heterocycles. The molecule has 0 bridgehead atoms. The van der Waals surface area contributed by atoms with E-state index in [1.165, 1.54) is 22.3 Å². The second-order valence-electron chi connectivity index (χ2n) is 8.63. The third-order valence-electron chi connectivity index (χ3n) is 5.42. The van der Waals surface area contributed by atoms with Crippen molar-refractivity contribution in [3.8, 4) is 0 Å². The summed E-state index contributed by atoms with van der Waals surface area (Å²) >= 11 is 1.28. The predicted octanol–water partition coefficient (Wildman–Crippen LogP) is 5.62. The number of carbonyl (C=O) groups excluding carboxylic acids is 2. The van der Waals surface area contributed by atoms with Gasteiger partial charge in [-0.05, 0) is 28.2 Å². The summed E-state index contributed by atoms with van der Waals surface area (Å²) in [4.78, 5) is 31.9. The third kappa shape index (κ3) is 4.14. The standard InChI is InChI=1S/C26H24N2O3S/c1-26(2,3)19-12-10-18(11-13-19)22-21(20(29)14-9-17-7-5-4-6-8-17)23(30)24(31)28(22)25-27-15-16-32-25/h4-16,22,30H,1-3H3. The first-order valence-corrected chi connectivity index (χ1v) is 11.2. The Morgan fingerprint density at radius 1 is 1.09 bits per heavy atom. The maximum atomic E-state index is 13.2. The number of ketones is 1. The van der Waals surface area contributed by atoms with Crippen LogP contribution in [0.4, 0.5) is 5.13 Å². The van der Waals surface area contributed by atoms with Crippen LogP contribution in [0.15, 0.2) is 83.6 Å². The number of rotatable bonds is 5. The van der Waals surface area contributed by atoms with Gasteiger partial charge >= 0.3 is 0 Å². The number of amides is 1. The summed E-state index contributed by atoms with van der Waals surface area (Å²) in [6.45, 7) is 6.37. The normalized spacial score (nSPS) is 16.9. The van der Waals surface area contributed by atoms with E-state index in [4.69, 9.17) is 0 Å². The van der Waals surface area contributed by atoms with E-state index in [0.29, 0.717) is 5.13 Å². The first-order valence-electron chi connectivity index (χ1n) is 10.3. The summed E-state index contributed by atoms with van der Waals surface area (Å²) in [5, 5.41) is 12.9. The second kappa shape index (κ2) is 8.55. The van der Waals surface area contributed by atoms with Crippen molar-refractivity contribution in [2.45, 2.75) is 32.2 Å². The van der Waals surface area contributed by atoms with Crippen LogP contribution in [0.3, 0.4) is 0 Å². The summed E-state index contributed by atoms with van der Waals surface area (Å²) in [7, 11) is 0. The molecular formula is C26H24N2O3S. The number of thiazole rings is 1. The van der Waals surface area contributed by atoms with Crippen LogP contribution in [0, 0.1) is 0 Å². The summed E-state index contributed by atoms with van der Waals surface area (Å²) in [5.41, 5.74) is 2.75. The highest BCUT2D eigenvalue weighted by Crippen LogP contribution is 2.42. The Bertz CT molecular complexity index is 1190. The van der Waals surface area contributed by atoms with Gasteiger partial charge in [0.1, 0.15) is 0 Å². The van der Waals surface area contributed by atoms with Crippen molar-refractivity contribution < 1.29 is 14.7 Å². The molecule has 6 heteroatoms. The Hall–Kier alpha value is -3.51. The number of carbonyl (C=O) groups is 2. The molecule has 162 valence electrons. The van der Waals surface area contributed by atoms with Gasteiger partial charge < -0.3 is 5.11 Å². The molecule has 32 heavy (non-hydrogen) atoms. The Kier molecular flexibility index (Phi) is 5.80. The molecule has 0 saturated heterocycles. The van der Waals surface area contributed by atoms with Crippen LogP contribution in [0.5, 0.6) is 0 Å². The Balaban J connectivity index is 1.76. The van der Waals surface area contributed by atoms with E-state index < -0.39 is 23.5 Å². The van der Waals surface area contributed by atoms with Gasteiger partial charge in [0, 0.05) is 11.6 Å². The first-order chi connectivity index (χ1) is 15.3. The van der Waals surface area contributed by atoms with Gasteiger partial charge in [-0.25, -0.2) is 4.98 Å². The van der Waals surface area contributed by atoms with Crippen molar-refractivity contribution >= 4 is 34.2 Å². The van der Waals surface area contributed by atoms with Gasteiger partial charge in [0.15, 0.2) is 16.7 Å². The molecule has 1 N–H and O–H groups in total. The van der Waals surface area contributed by atoms with E-state index in [-0.39, 0.29) is 11.0 Å². The number of hydrogen-bond donors (Lipinski definition) is 1. The highest BCUT2D eigenvalue weighted by atomic mass is 32.1. The van der Waals surface area contributed by atoms with Gasteiger partial charge in [-0.3, -0.25) is 14.5 Å². The summed E-state index contributed by atoms with van der Waals surface area (Å²) in [6.07, 6.45) is 4.67. The molecule has 1 aliphatic rings. The summed E-state index contributed by atoms with van der Waals surface area (Å²) in [6, 6.07) is 16.5. The molecule has 0 radical (unpaired) electrons. The topological polar surface area (TPSA) is 70.5 Å². The van der Waals surface area contributed by atoms with Crippen molar-refractivity contribution in [3.05, 3.63) is 100 Å². The number of aliphatic hydroxyl groups is 1. The van der Waals surface area contributed by atoms with Crippen LogP contribution in [0.1, 0.15) is 43.5 Å². The van der Waals surface area contributed by atoms with Crippen LogP contribution in [0.25, 0.3) is 6.08 Å². The fourth-order valence-electron chi connectivity index (χ4n) is 3.70. The zero-order valence-electron chi connectivity index (χ0n) is 18.1. The van der Waals surface area contributed by atoms with E-state index in [2.05, 4.69) is 25.8 Å². The molecule has 1 amide bonds. The SMILES string of the molecule is CC(C)(C)c1ccc(C2C(C(=O)C=Cc3ccccc3)=C(O)C(=O)N2c2nccs2)cc1. The number of allylic oxidation sites excluding steroid dienone is 1. The number of aromatic nitrogens is 1. The van der Waals surface area contributed by atoms with Gasteiger partial charge in [0.2, 0.25) is 0 Å². The average Bonchev–Trinajstić information content (AvgIpc) is 3.39. The highest BCUT2D eigenvalue weighted by Gasteiger charge is 2.44. The molecule has 4 rings (SSSR count). The van der Waals surface area contributed by atoms with Gasteiger partial charge in [-0.1, -0.05) is 81.4 Å². The molecule has 0 spiro atoms. The Morgan fingerprint density at radius 2 is 1.78 bits per heavy atom. The van der Waals surface area contributed by atoms with Crippen LogP contribution < -0.4 is 4.90 Å². The highest BCUT2D eigenvalue weighted by molar-refractivity contribution is 7.13. The summed E-state index contributed by atoms with van der Waals surface area (Å²) in [5.74, 6) is -1.57. The number of aliphatic hydroxyl groups excluding tert-OH is 1. The molecular weight excluding hydrogens is 420 g/mol. The minimum absolute atomic E-state index is 0.0337. The van der Waals surface area contributed by atoms with Crippen LogP contribution >= 0.6 is 11.3 Å². The summed E-state index contributed by atoms with van der Waals surface area (Å²) < 4.78 is 0. The van der Waals surface area contributed by atoms with Crippen molar-refractivity contribution in [2.24, 2.45) is 0 Å². The zero-order chi connectivity index (χ0) is 22.9. The average molecular weight is 445 g/mol. The molecule has 1 atom stereocenters. The number of hydrogen-bond acceptors (Lipinski definition) is 5. The molecule has 1 aliphatic heterocycles. The third-order valence-corrected chi connectivity index (χ3v) is 6.19. The molecule has 0 fully saturated rings. The van der Waals surface area contributed by atoms with Crippen molar-refractivity contribution in [1.29, 1.82) is 0 Å². The number of nitrogens with zero attached hydrogens (tertiary/aromatic N) is 2. The van der Waals surface area contributed by atoms with Gasteiger partial charge in [0.25, 0.3) is 5.91 Å². The maximum Gasteiger partial charge on any atom is 0.296 e. The first kappa shape index (κ1) is 21.7. The van der Waals surface area contributed by atoms with Crippen molar-refractivity contribution in [2.75, 3.05) is 4.90 Å². The Morgan fingerprint density at radius 3 is 2.38 bits per heavy atom. The van der Waals surface area contributed by atoms with Crippen molar-refractivity contribution in [3.63, 3.8) is 0 Å². The van der Waals surface area contributed by atoms with Gasteiger partial charge in [-0.2, -0.15) is 0 Å². The number of anilines is 1. The molecule has 1 unspecified atom stereocenters. The smallest absolute Gasteiger partial charge is 0.296 e. The minimum atomic E-state index is -0.754. The van der Waals surface area contributed by atoms with E-state index in [1.807, 2.05) is 54.6 Å². The van der Waals surface area contributed by atoms with Crippen LogP contribution in [-0.4, -0.2) is 21.8 Å². The Labute approximate surface area is 191 Å². The number of benzene rings is 2. The van der Waals surface area contributed by atoms with E-state index in [0.717, 1.165) is 16.7 Å². The second-order valence-corrected chi connectivity index (χ2v) is 9.51. The molecule has 0 saturated carbocycles. The molecule has 3 aromatic rings. The van der Waals surface area contributed by atoms with Gasteiger partial charge in [-0.15, -0.1) is 11.3 Å². The lowest BCUT2D eigenvalue weighted by Gasteiger charge is -2.25. The van der Waals surface area contributed by atoms with E-state index in [9.17, 15) is 14.7 Å². The predicted molar refractivity (Wildman–Crippen MR) is 128 cm³/mol. The largest absolute Gasteiger partial charge is 0.503 e. The van der Waals surface area contributed by atoms with Crippen LogP contribution in [0.2, 0.25) is 0 Å². The quantitative estimate of drug-likeness (QED) is 0.518. The van der Waals surface area contributed by atoms with Gasteiger partial charge in [0.05, 0.1) is 11.6 Å². The van der Waals surface area contributed by atoms with E-state index >= 15 is 0 Å². The fourth-order valence-corrected chi connectivity index (χ4v) is 4.36. The molecule has 0 aliphatic carbocycles. The van der Waals surface area contributed by atoms with Crippen LogP contribution in [-0.2, 0) is 15.0 Å². The van der Waals surface area contributed by atoms with Crippen molar-refractivity contribution in [1.82, 2.24) is 4.98 Å². The zero-order valence-corrected chi connectivity index (χ0v) is 19.0. The molecule has 5 nitrogen and oxygen atoms in total. The lowest BCUT2D eigenvalue weighted by atomic mass is 9.85. The minimum Gasteiger partial charge on any atom is -0.503 e. The lowest BCUT2D eigenvalue weighted by molar-refractivity contribution is -0.117. The molecule has 1 aromatic heterocycles.